The molecule has 0 aliphatic heterocycles. The molecule has 1 fully saturated rings. The van der Waals surface area contributed by atoms with Gasteiger partial charge in [-0.05, 0) is 18.4 Å². The Balaban J connectivity index is 1.66. The molecule has 2 N–H and O–H groups in total. The lowest BCUT2D eigenvalue weighted by molar-refractivity contribution is 0.410. The van der Waals surface area contributed by atoms with Crippen LogP contribution in [-0.4, -0.2) is 35.6 Å². The van der Waals surface area contributed by atoms with Crippen molar-refractivity contribution >= 4 is 16.8 Å². The average molecular weight is 321 g/mol. The van der Waals surface area contributed by atoms with Gasteiger partial charge in [0.2, 0.25) is 0 Å². The van der Waals surface area contributed by atoms with Crippen molar-refractivity contribution < 1.29 is 4.21 Å². The van der Waals surface area contributed by atoms with Gasteiger partial charge in [0.05, 0.1) is 0 Å². The summed E-state index contributed by atoms with van der Waals surface area (Å²) >= 11 is 0. The van der Waals surface area contributed by atoms with E-state index in [0.29, 0.717) is 24.1 Å². The lowest BCUT2D eigenvalue weighted by Crippen LogP contribution is -2.45. The first-order valence-corrected chi connectivity index (χ1v) is 9.63. The number of nitrogens with zero attached hydrogens (tertiary/aromatic N) is 1. The van der Waals surface area contributed by atoms with Crippen molar-refractivity contribution in [2.75, 3.05) is 19.3 Å². The Bertz CT molecular complexity index is 484. The number of guanidine groups is 1. The van der Waals surface area contributed by atoms with Gasteiger partial charge in [0.25, 0.3) is 0 Å². The van der Waals surface area contributed by atoms with Crippen molar-refractivity contribution in [1.82, 2.24) is 10.6 Å². The normalized spacial score (nSPS) is 18.0. The first-order chi connectivity index (χ1) is 10.8. The van der Waals surface area contributed by atoms with E-state index >= 15 is 0 Å². The summed E-state index contributed by atoms with van der Waals surface area (Å²) in [6.45, 7) is 0.686. The molecule has 0 aromatic heterocycles. The van der Waals surface area contributed by atoms with Crippen LogP contribution in [-0.2, 0) is 16.6 Å². The summed E-state index contributed by atoms with van der Waals surface area (Å²) in [5.41, 5.74) is 1.13. The maximum absolute atomic E-state index is 12.1. The van der Waals surface area contributed by atoms with Crippen molar-refractivity contribution in [3.8, 4) is 0 Å². The highest BCUT2D eigenvalue weighted by Crippen LogP contribution is 2.17. The minimum Gasteiger partial charge on any atom is -0.355 e. The number of nitrogens with one attached hydrogen (secondary N) is 2. The van der Waals surface area contributed by atoms with E-state index in [1.165, 1.54) is 32.1 Å². The van der Waals surface area contributed by atoms with Crippen molar-refractivity contribution in [3.05, 3.63) is 35.9 Å². The van der Waals surface area contributed by atoms with Gasteiger partial charge < -0.3 is 10.6 Å². The lowest BCUT2D eigenvalue weighted by atomic mass is 9.96. The molecule has 0 saturated heterocycles. The summed E-state index contributed by atoms with van der Waals surface area (Å²) in [5.74, 6) is 2.10. The quantitative estimate of drug-likeness (QED) is 0.625. The zero-order valence-corrected chi connectivity index (χ0v) is 14.2. The predicted molar refractivity (Wildman–Crippen MR) is 94.5 cm³/mol. The zero-order valence-electron chi connectivity index (χ0n) is 13.4. The predicted octanol–water partition coefficient (Wildman–Crippen LogP) is 2.43. The molecule has 0 amide bonds. The van der Waals surface area contributed by atoms with Crippen LogP contribution < -0.4 is 10.6 Å². The summed E-state index contributed by atoms with van der Waals surface area (Å²) in [5, 5.41) is 6.75. The Morgan fingerprint density at radius 1 is 1.23 bits per heavy atom. The van der Waals surface area contributed by atoms with Crippen molar-refractivity contribution in [2.24, 2.45) is 4.99 Å². The summed E-state index contributed by atoms with van der Waals surface area (Å²) in [6, 6.07) is 10.5. The number of hydrogen-bond donors (Lipinski definition) is 2. The van der Waals surface area contributed by atoms with Crippen LogP contribution in [0.5, 0.6) is 0 Å². The second-order valence-corrected chi connectivity index (χ2v) is 7.33. The number of aliphatic imine (C=N–C) groups is 1. The fourth-order valence-corrected chi connectivity index (χ4v) is 3.79. The molecule has 1 aliphatic rings. The molecule has 0 spiro atoms. The van der Waals surface area contributed by atoms with Gasteiger partial charge in [-0.3, -0.25) is 9.20 Å². The third kappa shape index (κ3) is 6.18. The largest absolute Gasteiger partial charge is 0.355 e. The average Bonchev–Trinajstić information content (AvgIpc) is 2.56. The maximum atomic E-state index is 12.1. The fraction of sp³-hybridized carbons (Fsp3) is 0.588. The van der Waals surface area contributed by atoms with Crippen LogP contribution >= 0.6 is 0 Å². The van der Waals surface area contributed by atoms with E-state index in [9.17, 15) is 4.21 Å². The SMILES string of the molecule is CN=C(NCCS(=O)Cc1ccccc1)NC1CCCCC1. The van der Waals surface area contributed by atoms with Crippen molar-refractivity contribution in [2.45, 2.75) is 43.9 Å². The first kappa shape index (κ1) is 17.0. The molecule has 1 aromatic rings. The summed E-state index contributed by atoms with van der Waals surface area (Å²) in [7, 11) is 0.949. The van der Waals surface area contributed by atoms with E-state index in [-0.39, 0.29) is 0 Å². The molecule has 0 radical (unpaired) electrons. The van der Waals surface area contributed by atoms with Crippen molar-refractivity contribution in [1.29, 1.82) is 0 Å². The van der Waals surface area contributed by atoms with E-state index in [4.69, 9.17) is 0 Å². The van der Waals surface area contributed by atoms with Gasteiger partial charge in [0.15, 0.2) is 5.96 Å². The van der Waals surface area contributed by atoms with E-state index in [2.05, 4.69) is 15.6 Å². The molecule has 0 bridgehead atoms. The number of rotatable bonds is 6. The molecule has 5 heteroatoms. The Kier molecular flexibility index (Phi) is 7.43. The topological polar surface area (TPSA) is 53.5 Å². The highest BCUT2D eigenvalue weighted by Gasteiger charge is 2.14. The van der Waals surface area contributed by atoms with E-state index in [0.717, 1.165) is 11.5 Å². The van der Waals surface area contributed by atoms with E-state index in [1.54, 1.807) is 7.05 Å². The molecule has 1 atom stereocenters. The van der Waals surface area contributed by atoms with Gasteiger partial charge in [0, 0.05) is 41.9 Å². The van der Waals surface area contributed by atoms with Crippen LogP contribution in [0.2, 0.25) is 0 Å². The minimum atomic E-state index is -0.841. The molecule has 122 valence electrons. The van der Waals surface area contributed by atoms with Gasteiger partial charge in [0.1, 0.15) is 0 Å². The molecule has 4 nitrogen and oxygen atoms in total. The van der Waals surface area contributed by atoms with Crippen molar-refractivity contribution in [3.63, 3.8) is 0 Å². The monoisotopic (exact) mass is 321 g/mol. The standard InChI is InChI=1S/C17H27N3OS/c1-18-17(20-16-10-6-3-7-11-16)19-12-13-22(21)14-15-8-4-2-5-9-15/h2,4-5,8-9,16H,3,6-7,10-14H2,1H3,(H2,18,19,20). The second-order valence-electron chi connectivity index (χ2n) is 5.75. The molecular formula is C17H27N3OS. The Labute approximate surface area is 136 Å². The van der Waals surface area contributed by atoms with Gasteiger partial charge in [-0.2, -0.15) is 0 Å². The molecular weight excluding hydrogens is 294 g/mol. The van der Waals surface area contributed by atoms with Crippen LogP contribution in [0.4, 0.5) is 0 Å². The molecule has 0 heterocycles. The van der Waals surface area contributed by atoms with E-state index in [1.807, 2.05) is 30.3 Å². The Morgan fingerprint density at radius 2 is 1.95 bits per heavy atom. The van der Waals surface area contributed by atoms with Gasteiger partial charge in [-0.25, -0.2) is 0 Å². The second kappa shape index (κ2) is 9.62. The highest BCUT2D eigenvalue weighted by atomic mass is 32.2. The maximum Gasteiger partial charge on any atom is 0.191 e. The minimum absolute atomic E-state index is 0.537. The van der Waals surface area contributed by atoms with Crippen LogP contribution in [0.3, 0.4) is 0 Å². The van der Waals surface area contributed by atoms with Crippen LogP contribution in [0, 0.1) is 0 Å². The van der Waals surface area contributed by atoms with Crippen LogP contribution in [0.25, 0.3) is 0 Å². The summed E-state index contributed by atoms with van der Waals surface area (Å²) in [6.07, 6.45) is 6.40. The third-order valence-corrected chi connectivity index (χ3v) is 5.28. The number of hydrogen-bond acceptors (Lipinski definition) is 2. The van der Waals surface area contributed by atoms with Crippen LogP contribution in [0.15, 0.2) is 35.3 Å². The number of benzene rings is 1. The van der Waals surface area contributed by atoms with Gasteiger partial charge in [-0.15, -0.1) is 0 Å². The first-order valence-electron chi connectivity index (χ1n) is 8.14. The summed E-state index contributed by atoms with van der Waals surface area (Å²) in [4.78, 5) is 4.26. The van der Waals surface area contributed by atoms with Gasteiger partial charge in [-0.1, -0.05) is 49.6 Å². The third-order valence-electron chi connectivity index (χ3n) is 3.96. The summed E-state index contributed by atoms with van der Waals surface area (Å²) < 4.78 is 12.1. The van der Waals surface area contributed by atoms with E-state index < -0.39 is 10.8 Å². The molecule has 1 aromatic carbocycles. The Morgan fingerprint density at radius 3 is 2.64 bits per heavy atom. The molecule has 22 heavy (non-hydrogen) atoms. The molecule has 2 rings (SSSR count). The zero-order chi connectivity index (χ0) is 15.6. The molecule has 1 saturated carbocycles. The van der Waals surface area contributed by atoms with Gasteiger partial charge >= 0.3 is 0 Å². The Hall–Kier alpha value is -1.36. The smallest absolute Gasteiger partial charge is 0.191 e. The highest BCUT2D eigenvalue weighted by molar-refractivity contribution is 7.84. The lowest BCUT2D eigenvalue weighted by Gasteiger charge is -2.24. The van der Waals surface area contributed by atoms with Crippen LogP contribution in [0.1, 0.15) is 37.7 Å². The molecule has 1 aliphatic carbocycles. The molecule has 1 unspecified atom stereocenters. The fourth-order valence-electron chi connectivity index (χ4n) is 2.75.